The molecule has 1 heterocycles. The van der Waals surface area contributed by atoms with Gasteiger partial charge in [-0.15, -0.1) is 0 Å². The van der Waals surface area contributed by atoms with Crippen LogP contribution in [0.3, 0.4) is 0 Å². The number of hydrogen-bond donors (Lipinski definition) is 0. The zero-order valence-electron chi connectivity index (χ0n) is 10.2. The Balaban J connectivity index is 2.17. The van der Waals surface area contributed by atoms with Gasteiger partial charge >= 0.3 is 0 Å². The Kier molecular flexibility index (Phi) is 3.13. The molecule has 0 amide bonds. The summed E-state index contributed by atoms with van der Waals surface area (Å²) in [5.74, 6) is 1.91. The molecule has 15 heavy (non-hydrogen) atoms. The summed E-state index contributed by atoms with van der Waals surface area (Å²) in [7, 11) is 0. The molecule has 0 radical (unpaired) electrons. The minimum Gasteiger partial charge on any atom is -0.332 e. The molecule has 0 saturated heterocycles. The fourth-order valence-corrected chi connectivity index (χ4v) is 2.63. The molecule has 1 saturated carbocycles. The van der Waals surface area contributed by atoms with E-state index in [1.54, 1.807) is 0 Å². The number of aryl methyl sites for hydroxylation is 1. The average Bonchev–Trinajstić information content (AvgIpc) is 2.62. The molecule has 0 aliphatic heterocycles. The van der Waals surface area contributed by atoms with Crippen LogP contribution in [-0.2, 0) is 0 Å². The van der Waals surface area contributed by atoms with Gasteiger partial charge in [0.05, 0.1) is 5.69 Å². The molecule has 1 fully saturated rings. The molecule has 2 heteroatoms. The molecule has 1 aliphatic rings. The van der Waals surface area contributed by atoms with Crippen LogP contribution in [0.4, 0.5) is 0 Å². The first-order chi connectivity index (χ1) is 7.18. The van der Waals surface area contributed by atoms with Crippen LogP contribution in [0, 0.1) is 6.92 Å². The van der Waals surface area contributed by atoms with E-state index in [1.807, 2.05) is 0 Å². The van der Waals surface area contributed by atoms with Crippen molar-refractivity contribution in [1.29, 1.82) is 0 Å². The minimum absolute atomic E-state index is 0.537. The number of imidazole rings is 1. The summed E-state index contributed by atoms with van der Waals surface area (Å²) >= 11 is 0. The molecule has 1 aromatic rings. The maximum atomic E-state index is 4.72. The summed E-state index contributed by atoms with van der Waals surface area (Å²) < 4.78 is 2.30. The number of nitrogens with zero attached hydrogens (tertiary/aromatic N) is 2. The Morgan fingerprint density at radius 3 is 2.47 bits per heavy atom. The lowest BCUT2D eigenvalue weighted by Crippen LogP contribution is -2.04. The number of aromatic nitrogens is 2. The van der Waals surface area contributed by atoms with Crippen LogP contribution in [0.2, 0.25) is 0 Å². The van der Waals surface area contributed by atoms with Crippen LogP contribution in [0.5, 0.6) is 0 Å². The van der Waals surface area contributed by atoms with Crippen molar-refractivity contribution >= 4 is 0 Å². The van der Waals surface area contributed by atoms with Crippen molar-refractivity contribution in [1.82, 2.24) is 9.55 Å². The standard InChI is InChI=1S/C13H22N2/c1-10(2)15-9-13(14-11(15)3)12-7-5-4-6-8-12/h9-10,12H,4-8H2,1-3H3. The summed E-state index contributed by atoms with van der Waals surface area (Å²) in [6, 6.07) is 0.537. The molecule has 0 aromatic carbocycles. The fourth-order valence-electron chi connectivity index (χ4n) is 2.63. The SMILES string of the molecule is Cc1nc(C2CCCCC2)cn1C(C)C. The molecular weight excluding hydrogens is 184 g/mol. The van der Waals surface area contributed by atoms with Gasteiger partial charge in [0.1, 0.15) is 5.82 Å². The zero-order chi connectivity index (χ0) is 10.8. The van der Waals surface area contributed by atoms with Gasteiger partial charge in [-0.1, -0.05) is 19.3 Å². The van der Waals surface area contributed by atoms with E-state index in [4.69, 9.17) is 4.98 Å². The average molecular weight is 206 g/mol. The second kappa shape index (κ2) is 4.38. The van der Waals surface area contributed by atoms with Crippen LogP contribution in [0.15, 0.2) is 6.20 Å². The van der Waals surface area contributed by atoms with Crippen molar-refractivity contribution < 1.29 is 0 Å². The Morgan fingerprint density at radius 2 is 1.93 bits per heavy atom. The molecule has 0 atom stereocenters. The fraction of sp³-hybridized carbons (Fsp3) is 0.769. The first kappa shape index (κ1) is 10.7. The van der Waals surface area contributed by atoms with Crippen LogP contribution in [0.25, 0.3) is 0 Å². The normalized spacial score (nSPS) is 18.7. The van der Waals surface area contributed by atoms with E-state index < -0.39 is 0 Å². The molecule has 2 rings (SSSR count). The van der Waals surface area contributed by atoms with Crippen molar-refractivity contribution in [2.75, 3.05) is 0 Å². The monoisotopic (exact) mass is 206 g/mol. The van der Waals surface area contributed by atoms with E-state index in [9.17, 15) is 0 Å². The first-order valence-electron chi connectivity index (χ1n) is 6.24. The maximum absolute atomic E-state index is 4.72. The van der Waals surface area contributed by atoms with Crippen LogP contribution in [-0.4, -0.2) is 9.55 Å². The first-order valence-corrected chi connectivity index (χ1v) is 6.24. The van der Waals surface area contributed by atoms with Crippen molar-refractivity contribution in [3.8, 4) is 0 Å². The van der Waals surface area contributed by atoms with Gasteiger partial charge in [-0.2, -0.15) is 0 Å². The zero-order valence-corrected chi connectivity index (χ0v) is 10.2. The summed E-state index contributed by atoms with van der Waals surface area (Å²) in [4.78, 5) is 4.72. The predicted octanol–water partition coefficient (Wildman–Crippen LogP) is 3.82. The molecular formula is C13H22N2. The molecule has 0 unspecified atom stereocenters. The molecule has 0 N–H and O–H groups in total. The van der Waals surface area contributed by atoms with Gasteiger partial charge in [-0.3, -0.25) is 0 Å². The summed E-state index contributed by atoms with van der Waals surface area (Å²) in [5.41, 5.74) is 1.33. The van der Waals surface area contributed by atoms with E-state index in [1.165, 1.54) is 43.6 Å². The maximum Gasteiger partial charge on any atom is 0.106 e. The largest absolute Gasteiger partial charge is 0.332 e. The third-order valence-electron chi connectivity index (χ3n) is 3.52. The molecule has 1 aromatic heterocycles. The van der Waals surface area contributed by atoms with Crippen LogP contribution >= 0.6 is 0 Å². The van der Waals surface area contributed by atoms with E-state index in [0.29, 0.717) is 6.04 Å². The van der Waals surface area contributed by atoms with Crippen LogP contribution in [0.1, 0.15) is 69.4 Å². The van der Waals surface area contributed by atoms with Gasteiger partial charge < -0.3 is 4.57 Å². The third kappa shape index (κ3) is 2.24. The number of rotatable bonds is 2. The van der Waals surface area contributed by atoms with Gasteiger partial charge in [0.15, 0.2) is 0 Å². The van der Waals surface area contributed by atoms with Gasteiger partial charge in [-0.05, 0) is 33.6 Å². The van der Waals surface area contributed by atoms with E-state index in [0.717, 1.165) is 5.92 Å². The lowest BCUT2D eigenvalue weighted by atomic mass is 9.87. The van der Waals surface area contributed by atoms with Gasteiger partial charge in [0.2, 0.25) is 0 Å². The van der Waals surface area contributed by atoms with Gasteiger partial charge in [0.25, 0.3) is 0 Å². The Hall–Kier alpha value is -0.790. The lowest BCUT2D eigenvalue weighted by molar-refractivity contribution is 0.437. The van der Waals surface area contributed by atoms with Crippen LogP contribution < -0.4 is 0 Å². The predicted molar refractivity (Wildman–Crippen MR) is 63.2 cm³/mol. The number of hydrogen-bond acceptors (Lipinski definition) is 1. The topological polar surface area (TPSA) is 17.8 Å². The summed E-state index contributed by atoms with van der Waals surface area (Å²) in [6.07, 6.45) is 9.15. The highest BCUT2D eigenvalue weighted by Gasteiger charge is 2.19. The molecule has 84 valence electrons. The van der Waals surface area contributed by atoms with E-state index in [-0.39, 0.29) is 0 Å². The summed E-state index contributed by atoms with van der Waals surface area (Å²) in [6.45, 7) is 6.56. The van der Waals surface area contributed by atoms with Crippen molar-refractivity contribution in [2.45, 2.75) is 64.8 Å². The lowest BCUT2D eigenvalue weighted by Gasteiger charge is -2.19. The van der Waals surface area contributed by atoms with Crippen molar-refractivity contribution in [3.63, 3.8) is 0 Å². The van der Waals surface area contributed by atoms with E-state index in [2.05, 4.69) is 31.5 Å². The van der Waals surface area contributed by atoms with E-state index >= 15 is 0 Å². The second-order valence-electron chi connectivity index (χ2n) is 5.05. The highest BCUT2D eigenvalue weighted by atomic mass is 15.1. The van der Waals surface area contributed by atoms with Crippen molar-refractivity contribution in [2.24, 2.45) is 0 Å². The molecule has 1 aliphatic carbocycles. The quantitative estimate of drug-likeness (QED) is 0.719. The Morgan fingerprint density at radius 1 is 1.27 bits per heavy atom. The third-order valence-corrected chi connectivity index (χ3v) is 3.52. The Bertz CT molecular complexity index is 319. The molecule has 0 bridgehead atoms. The second-order valence-corrected chi connectivity index (χ2v) is 5.05. The van der Waals surface area contributed by atoms with Gasteiger partial charge in [0, 0.05) is 18.2 Å². The van der Waals surface area contributed by atoms with Gasteiger partial charge in [-0.25, -0.2) is 4.98 Å². The smallest absolute Gasteiger partial charge is 0.106 e. The van der Waals surface area contributed by atoms with Crippen molar-refractivity contribution in [3.05, 3.63) is 17.7 Å². The molecule has 0 spiro atoms. The summed E-state index contributed by atoms with van der Waals surface area (Å²) in [5, 5.41) is 0. The minimum atomic E-state index is 0.537. The highest BCUT2D eigenvalue weighted by Crippen LogP contribution is 2.32. The Labute approximate surface area is 92.7 Å². The highest BCUT2D eigenvalue weighted by molar-refractivity contribution is 5.10. The molecule has 2 nitrogen and oxygen atoms in total.